The number of alkyl halides is 3. The molecule has 0 radical (unpaired) electrons. The number of ether oxygens (including phenoxy) is 1. The van der Waals surface area contributed by atoms with E-state index in [1.807, 2.05) is 0 Å². The molecule has 1 aromatic carbocycles. The third-order valence-corrected chi connectivity index (χ3v) is 4.37. The van der Waals surface area contributed by atoms with Crippen molar-refractivity contribution in [2.45, 2.75) is 36.9 Å². The van der Waals surface area contributed by atoms with Crippen LogP contribution < -0.4 is 5.32 Å². The predicted molar refractivity (Wildman–Crippen MR) is 69.5 cm³/mol. The lowest BCUT2D eigenvalue weighted by Crippen LogP contribution is -2.43. The normalized spacial score (nSPS) is 24.9. The Bertz CT molecular complexity index is 519. The summed E-state index contributed by atoms with van der Waals surface area (Å²) in [4.78, 5) is 0. The van der Waals surface area contributed by atoms with Crippen LogP contribution in [0.2, 0.25) is 0 Å². The fraction of sp³-hybridized carbons (Fsp3) is 0.600. The Morgan fingerprint density at radius 2 is 2.05 bits per heavy atom. The summed E-state index contributed by atoms with van der Waals surface area (Å²) >= 11 is 0. The lowest BCUT2D eigenvalue weighted by atomic mass is 9.87. The molecule has 1 heterocycles. The van der Waals surface area contributed by atoms with E-state index in [-0.39, 0.29) is 11.5 Å². The van der Waals surface area contributed by atoms with E-state index < -0.39 is 17.6 Å². The largest absolute Gasteiger partial charge is 0.419 e. The van der Waals surface area contributed by atoms with E-state index in [2.05, 4.69) is 5.32 Å². The molecule has 2 fully saturated rings. The molecular formula is C15H17F4NO. The van der Waals surface area contributed by atoms with Gasteiger partial charge in [0.2, 0.25) is 0 Å². The van der Waals surface area contributed by atoms with Gasteiger partial charge in [0, 0.05) is 12.6 Å². The van der Waals surface area contributed by atoms with Gasteiger partial charge in [-0.1, -0.05) is 6.07 Å². The summed E-state index contributed by atoms with van der Waals surface area (Å²) in [6.45, 7) is 2.01. The topological polar surface area (TPSA) is 21.3 Å². The number of benzene rings is 1. The van der Waals surface area contributed by atoms with Crippen molar-refractivity contribution in [1.82, 2.24) is 5.32 Å². The standard InChI is InChI=1S/C15H17F4NO/c16-13-2-1-10(7-12(13)15(17,18)19)14(3-4-14)8-11-9-21-6-5-20-11/h1-2,7,11,20H,3-6,8-9H2/t11-/m0/s1. The van der Waals surface area contributed by atoms with Crippen LogP contribution in [0.4, 0.5) is 17.6 Å². The van der Waals surface area contributed by atoms with E-state index >= 15 is 0 Å². The molecule has 1 atom stereocenters. The molecule has 0 bridgehead atoms. The molecule has 1 aliphatic carbocycles. The van der Waals surface area contributed by atoms with Crippen LogP contribution in [0, 0.1) is 5.82 Å². The molecule has 0 amide bonds. The van der Waals surface area contributed by atoms with Crippen molar-refractivity contribution < 1.29 is 22.3 Å². The van der Waals surface area contributed by atoms with Gasteiger partial charge < -0.3 is 10.1 Å². The number of hydrogen-bond acceptors (Lipinski definition) is 2. The highest BCUT2D eigenvalue weighted by molar-refractivity contribution is 5.36. The number of nitrogens with one attached hydrogen (secondary N) is 1. The Labute approximate surface area is 120 Å². The van der Waals surface area contributed by atoms with E-state index in [0.717, 1.165) is 37.9 Å². The molecule has 21 heavy (non-hydrogen) atoms. The van der Waals surface area contributed by atoms with Crippen LogP contribution in [-0.4, -0.2) is 25.8 Å². The minimum atomic E-state index is -4.65. The number of rotatable bonds is 3. The number of hydrogen-bond donors (Lipinski definition) is 1. The summed E-state index contributed by atoms with van der Waals surface area (Å²) in [5, 5.41) is 3.32. The third kappa shape index (κ3) is 3.06. The first-order valence-corrected chi connectivity index (χ1v) is 7.09. The van der Waals surface area contributed by atoms with Gasteiger partial charge in [0.25, 0.3) is 0 Å². The molecule has 1 aliphatic heterocycles. The van der Waals surface area contributed by atoms with Gasteiger partial charge in [0.15, 0.2) is 0 Å². The predicted octanol–water partition coefficient (Wildman–Crippen LogP) is 3.25. The SMILES string of the molecule is Fc1ccc(C2(C[C@H]3COCCN3)CC2)cc1C(F)(F)F. The zero-order chi connectivity index (χ0) is 15.1. The van der Waals surface area contributed by atoms with Gasteiger partial charge >= 0.3 is 6.18 Å². The Kier molecular flexibility index (Phi) is 3.69. The first-order chi connectivity index (χ1) is 9.91. The average molecular weight is 303 g/mol. The maximum absolute atomic E-state index is 13.4. The molecule has 2 aliphatic rings. The second-order valence-corrected chi connectivity index (χ2v) is 5.90. The first kappa shape index (κ1) is 14.8. The highest BCUT2D eigenvalue weighted by Gasteiger charge is 2.47. The van der Waals surface area contributed by atoms with Crippen LogP contribution in [0.5, 0.6) is 0 Å². The second kappa shape index (κ2) is 5.25. The Balaban J connectivity index is 1.82. The first-order valence-electron chi connectivity index (χ1n) is 7.09. The quantitative estimate of drug-likeness (QED) is 0.866. The summed E-state index contributed by atoms with van der Waals surface area (Å²) in [6.07, 6.45) is -2.24. The van der Waals surface area contributed by atoms with Crippen molar-refractivity contribution in [1.29, 1.82) is 0 Å². The molecule has 2 nitrogen and oxygen atoms in total. The van der Waals surface area contributed by atoms with Crippen LogP contribution in [-0.2, 0) is 16.3 Å². The molecule has 116 valence electrons. The van der Waals surface area contributed by atoms with Crippen molar-refractivity contribution in [3.05, 3.63) is 35.1 Å². The van der Waals surface area contributed by atoms with Crippen molar-refractivity contribution in [2.75, 3.05) is 19.8 Å². The molecule has 3 rings (SSSR count). The van der Waals surface area contributed by atoms with E-state index in [1.165, 1.54) is 6.07 Å². The van der Waals surface area contributed by atoms with E-state index in [0.29, 0.717) is 18.8 Å². The highest BCUT2D eigenvalue weighted by atomic mass is 19.4. The lowest BCUT2D eigenvalue weighted by Gasteiger charge is -2.28. The Morgan fingerprint density at radius 1 is 1.29 bits per heavy atom. The lowest BCUT2D eigenvalue weighted by molar-refractivity contribution is -0.140. The molecule has 1 aromatic rings. The summed E-state index contributed by atoms with van der Waals surface area (Å²) in [5.74, 6) is -1.21. The maximum Gasteiger partial charge on any atom is 0.419 e. The highest BCUT2D eigenvalue weighted by Crippen LogP contribution is 2.52. The van der Waals surface area contributed by atoms with Crippen molar-refractivity contribution in [3.63, 3.8) is 0 Å². The zero-order valence-electron chi connectivity index (χ0n) is 11.5. The van der Waals surface area contributed by atoms with Crippen LogP contribution in [0.1, 0.15) is 30.4 Å². The Hall–Kier alpha value is -1.14. The van der Waals surface area contributed by atoms with Crippen molar-refractivity contribution >= 4 is 0 Å². The number of halogens is 4. The van der Waals surface area contributed by atoms with Crippen LogP contribution >= 0.6 is 0 Å². The minimum Gasteiger partial charge on any atom is -0.379 e. The van der Waals surface area contributed by atoms with E-state index in [1.54, 1.807) is 0 Å². The van der Waals surface area contributed by atoms with E-state index in [9.17, 15) is 17.6 Å². The molecule has 1 N–H and O–H groups in total. The fourth-order valence-electron chi connectivity index (χ4n) is 3.06. The Morgan fingerprint density at radius 3 is 2.62 bits per heavy atom. The molecule has 1 saturated heterocycles. The van der Waals surface area contributed by atoms with Crippen LogP contribution in [0.25, 0.3) is 0 Å². The maximum atomic E-state index is 13.4. The molecule has 1 saturated carbocycles. The summed E-state index contributed by atoms with van der Waals surface area (Å²) in [6, 6.07) is 3.55. The minimum absolute atomic E-state index is 0.153. The summed E-state index contributed by atoms with van der Waals surface area (Å²) in [5.41, 5.74) is -0.839. The third-order valence-electron chi connectivity index (χ3n) is 4.37. The van der Waals surface area contributed by atoms with Gasteiger partial charge in [0.05, 0.1) is 18.8 Å². The van der Waals surface area contributed by atoms with Crippen molar-refractivity contribution in [3.8, 4) is 0 Å². The van der Waals surface area contributed by atoms with Gasteiger partial charge in [-0.05, 0) is 42.4 Å². The number of morpholine rings is 1. The van der Waals surface area contributed by atoms with Gasteiger partial charge in [0.1, 0.15) is 5.82 Å². The molecule has 0 spiro atoms. The molecule has 0 unspecified atom stereocenters. The molecule has 0 aromatic heterocycles. The smallest absolute Gasteiger partial charge is 0.379 e. The van der Waals surface area contributed by atoms with Gasteiger partial charge in [-0.15, -0.1) is 0 Å². The van der Waals surface area contributed by atoms with Gasteiger partial charge in [-0.2, -0.15) is 13.2 Å². The zero-order valence-corrected chi connectivity index (χ0v) is 11.5. The monoisotopic (exact) mass is 303 g/mol. The van der Waals surface area contributed by atoms with Crippen molar-refractivity contribution in [2.24, 2.45) is 0 Å². The second-order valence-electron chi connectivity index (χ2n) is 5.90. The van der Waals surface area contributed by atoms with Crippen LogP contribution in [0.3, 0.4) is 0 Å². The van der Waals surface area contributed by atoms with Gasteiger partial charge in [-0.3, -0.25) is 0 Å². The van der Waals surface area contributed by atoms with E-state index in [4.69, 9.17) is 4.74 Å². The fourth-order valence-corrected chi connectivity index (χ4v) is 3.06. The molecular weight excluding hydrogens is 286 g/mol. The summed E-state index contributed by atoms with van der Waals surface area (Å²) < 4.78 is 57.2. The average Bonchev–Trinajstić information content (AvgIpc) is 3.20. The summed E-state index contributed by atoms with van der Waals surface area (Å²) in [7, 11) is 0. The van der Waals surface area contributed by atoms with Crippen LogP contribution in [0.15, 0.2) is 18.2 Å². The van der Waals surface area contributed by atoms with Gasteiger partial charge in [-0.25, -0.2) is 4.39 Å². The molecule has 6 heteroatoms.